The molecule has 0 bridgehead atoms. The van der Waals surface area contributed by atoms with Gasteiger partial charge in [-0.25, -0.2) is 0 Å². The number of aliphatic hydroxyl groups is 1. The third-order valence-corrected chi connectivity index (χ3v) is 6.03. The van der Waals surface area contributed by atoms with Crippen LogP contribution in [0.4, 0.5) is 0 Å². The molecular formula is C29H50N2O3. The molecule has 2 N–H and O–H groups in total. The summed E-state index contributed by atoms with van der Waals surface area (Å²) >= 11 is 0. The Balaban J connectivity index is 2.30. The molecule has 1 aromatic heterocycles. The minimum absolute atomic E-state index is 0.0946. The van der Waals surface area contributed by atoms with Gasteiger partial charge in [-0.1, -0.05) is 104 Å². The lowest BCUT2D eigenvalue weighted by atomic mass is 9.95. The van der Waals surface area contributed by atoms with Crippen LogP contribution in [-0.2, 0) is 16.1 Å². The van der Waals surface area contributed by atoms with Crippen molar-refractivity contribution in [1.82, 2.24) is 10.3 Å². The van der Waals surface area contributed by atoms with Gasteiger partial charge < -0.3 is 15.2 Å². The zero-order valence-electron chi connectivity index (χ0n) is 22.2. The summed E-state index contributed by atoms with van der Waals surface area (Å²) in [7, 11) is 0. The number of unbranched alkanes of at least 4 members (excludes halogenated alkanes) is 11. The first-order chi connectivity index (χ1) is 16.3. The highest BCUT2D eigenvalue weighted by atomic mass is 16.5. The van der Waals surface area contributed by atoms with E-state index in [1.807, 2.05) is 39.0 Å². The molecule has 0 aromatic carbocycles. The van der Waals surface area contributed by atoms with Crippen LogP contribution >= 0.6 is 0 Å². The number of allylic oxidation sites excluding steroid dienone is 1. The number of aliphatic hydroxyl groups excluding tert-OH is 1. The lowest BCUT2D eigenvalue weighted by molar-refractivity contribution is -0.130. The molecule has 2 atom stereocenters. The predicted molar refractivity (Wildman–Crippen MR) is 142 cm³/mol. The molecule has 0 saturated heterocycles. The fourth-order valence-corrected chi connectivity index (χ4v) is 3.69. The molecule has 1 rings (SSSR count). The number of rotatable bonds is 19. The highest BCUT2D eigenvalue weighted by Gasteiger charge is 2.27. The predicted octanol–water partition coefficient (Wildman–Crippen LogP) is 6.75. The minimum atomic E-state index is -0.781. The molecule has 1 aromatic rings. The number of pyridine rings is 1. The van der Waals surface area contributed by atoms with Gasteiger partial charge in [-0.15, -0.1) is 0 Å². The molecule has 1 amide bonds. The quantitative estimate of drug-likeness (QED) is 0.172. The maximum atomic E-state index is 12.5. The maximum absolute atomic E-state index is 12.5. The van der Waals surface area contributed by atoms with Crippen molar-refractivity contribution in [3.63, 3.8) is 0 Å². The van der Waals surface area contributed by atoms with Crippen molar-refractivity contribution in [2.75, 3.05) is 6.61 Å². The van der Waals surface area contributed by atoms with Crippen LogP contribution in [0.3, 0.4) is 0 Å². The fraction of sp³-hybridized carbons (Fsp3) is 0.724. The lowest BCUT2D eigenvalue weighted by Crippen LogP contribution is -2.49. The average molecular weight is 475 g/mol. The van der Waals surface area contributed by atoms with E-state index in [2.05, 4.69) is 17.2 Å². The summed E-state index contributed by atoms with van der Waals surface area (Å²) < 4.78 is 5.80. The van der Waals surface area contributed by atoms with Crippen molar-refractivity contribution in [2.45, 2.75) is 123 Å². The smallest absolute Gasteiger partial charge is 0.225 e. The van der Waals surface area contributed by atoms with E-state index in [4.69, 9.17) is 4.74 Å². The van der Waals surface area contributed by atoms with E-state index in [-0.39, 0.29) is 12.5 Å². The first-order valence-electron chi connectivity index (χ1n) is 13.5. The molecule has 1 heterocycles. The molecular weight excluding hydrogens is 424 g/mol. The number of nitrogens with zero attached hydrogens (tertiary/aromatic N) is 1. The number of carbonyl (C=O) groups is 1. The summed E-state index contributed by atoms with van der Waals surface area (Å²) in [6.07, 6.45) is 22.1. The summed E-state index contributed by atoms with van der Waals surface area (Å²) in [5.41, 5.74) is 0.486. The van der Waals surface area contributed by atoms with E-state index in [9.17, 15) is 9.90 Å². The SMILES string of the molecule is CCCCCCCCCCCCC/C=C/[C@@H](O)[C@H](COCc1ccncc1)NC(=O)C(C)(C)C. The van der Waals surface area contributed by atoms with Crippen LogP contribution in [0.5, 0.6) is 0 Å². The number of aromatic nitrogens is 1. The molecule has 0 aliphatic carbocycles. The Labute approximate surface area is 208 Å². The molecule has 0 saturated carbocycles. The fourth-order valence-electron chi connectivity index (χ4n) is 3.69. The van der Waals surface area contributed by atoms with E-state index in [0.717, 1.165) is 18.4 Å². The molecule has 5 heteroatoms. The monoisotopic (exact) mass is 474 g/mol. The van der Waals surface area contributed by atoms with E-state index < -0.39 is 17.6 Å². The highest BCUT2D eigenvalue weighted by molar-refractivity contribution is 5.81. The average Bonchev–Trinajstić information content (AvgIpc) is 2.81. The summed E-state index contributed by atoms with van der Waals surface area (Å²) in [5.74, 6) is -0.0946. The van der Waals surface area contributed by atoms with Gasteiger partial charge in [0.15, 0.2) is 0 Å². The second-order valence-electron chi connectivity index (χ2n) is 10.4. The first kappa shape index (κ1) is 30.3. The van der Waals surface area contributed by atoms with Crippen molar-refractivity contribution >= 4 is 5.91 Å². The molecule has 194 valence electrons. The molecule has 0 radical (unpaired) electrons. The second-order valence-corrected chi connectivity index (χ2v) is 10.4. The molecule has 0 aliphatic rings. The number of nitrogens with one attached hydrogen (secondary N) is 1. The summed E-state index contributed by atoms with van der Waals surface area (Å²) in [6, 6.07) is 3.31. The Bertz CT molecular complexity index is 655. The van der Waals surface area contributed by atoms with E-state index >= 15 is 0 Å². The van der Waals surface area contributed by atoms with E-state index in [1.165, 1.54) is 64.2 Å². The zero-order chi connectivity index (χ0) is 25.1. The van der Waals surface area contributed by atoms with Crippen molar-refractivity contribution < 1.29 is 14.6 Å². The highest BCUT2D eigenvalue weighted by Crippen LogP contribution is 2.15. The lowest BCUT2D eigenvalue weighted by Gasteiger charge is -2.26. The van der Waals surface area contributed by atoms with Gasteiger partial charge in [-0.3, -0.25) is 9.78 Å². The normalized spacial score (nSPS) is 13.8. The molecule has 5 nitrogen and oxygen atoms in total. The Morgan fingerprint density at radius 1 is 1.00 bits per heavy atom. The number of hydrogen-bond donors (Lipinski definition) is 2. The van der Waals surface area contributed by atoms with Gasteiger partial charge in [0.05, 0.1) is 25.4 Å². The zero-order valence-corrected chi connectivity index (χ0v) is 22.2. The number of carbonyl (C=O) groups excluding carboxylic acids is 1. The van der Waals surface area contributed by atoms with Gasteiger partial charge in [0.2, 0.25) is 5.91 Å². The van der Waals surface area contributed by atoms with E-state index in [1.54, 1.807) is 18.5 Å². The Kier molecular flexibility index (Phi) is 16.6. The van der Waals surface area contributed by atoms with Crippen LogP contribution in [0.1, 0.15) is 110 Å². The topological polar surface area (TPSA) is 71.5 Å². The molecule has 0 unspecified atom stereocenters. The van der Waals surface area contributed by atoms with Crippen LogP contribution in [0.15, 0.2) is 36.7 Å². The van der Waals surface area contributed by atoms with Crippen molar-refractivity contribution in [3.8, 4) is 0 Å². The Morgan fingerprint density at radius 3 is 2.12 bits per heavy atom. The Hall–Kier alpha value is -1.72. The minimum Gasteiger partial charge on any atom is -0.387 e. The van der Waals surface area contributed by atoms with Crippen LogP contribution in [-0.4, -0.2) is 34.8 Å². The summed E-state index contributed by atoms with van der Waals surface area (Å²) in [5, 5.41) is 13.7. The van der Waals surface area contributed by atoms with Crippen LogP contribution < -0.4 is 5.32 Å². The van der Waals surface area contributed by atoms with Gasteiger partial charge in [-0.05, 0) is 30.5 Å². The summed E-state index contributed by atoms with van der Waals surface area (Å²) in [6.45, 7) is 8.52. The van der Waals surface area contributed by atoms with E-state index in [0.29, 0.717) is 6.61 Å². The first-order valence-corrected chi connectivity index (χ1v) is 13.5. The second kappa shape index (κ2) is 18.6. The summed E-state index contributed by atoms with van der Waals surface area (Å²) in [4.78, 5) is 16.5. The van der Waals surface area contributed by atoms with Gasteiger partial charge in [0.25, 0.3) is 0 Å². The van der Waals surface area contributed by atoms with Crippen LogP contribution in [0.25, 0.3) is 0 Å². The largest absolute Gasteiger partial charge is 0.387 e. The van der Waals surface area contributed by atoms with Gasteiger partial charge in [-0.2, -0.15) is 0 Å². The van der Waals surface area contributed by atoms with Crippen LogP contribution in [0.2, 0.25) is 0 Å². The molecule has 0 spiro atoms. The maximum Gasteiger partial charge on any atom is 0.225 e. The van der Waals surface area contributed by atoms with Gasteiger partial charge in [0.1, 0.15) is 0 Å². The van der Waals surface area contributed by atoms with Crippen molar-refractivity contribution in [1.29, 1.82) is 0 Å². The Morgan fingerprint density at radius 2 is 1.56 bits per heavy atom. The van der Waals surface area contributed by atoms with Gasteiger partial charge in [0, 0.05) is 17.8 Å². The number of ether oxygens (including phenoxy) is 1. The molecule has 0 fully saturated rings. The van der Waals surface area contributed by atoms with Gasteiger partial charge >= 0.3 is 0 Å². The van der Waals surface area contributed by atoms with Crippen molar-refractivity contribution in [2.24, 2.45) is 5.41 Å². The number of amides is 1. The molecule has 34 heavy (non-hydrogen) atoms. The third-order valence-electron chi connectivity index (χ3n) is 6.03. The number of hydrogen-bond acceptors (Lipinski definition) is 4. The van der Waals surface area contributed by atoms with Crippen LogP contribution in [0, 0.1) is 5.41 Å². The third kappa shape index (κ3) is 15.2. The standard InChI is InChI=1S/C29H50N2O3/c1-5-6-7-8-9-10-11-12-13-14-15-16-17-18-27(32)26(31-28(33)29(2,3)4)24-34-23-25-19-21-30-22-20-25/h17-22,26-27,32H,5-16,23-24H2,1-4H3,(H,31,33)/b18-17+/t26-,27+/m0/s1. The molecule has 0 aliphatic heterocycles. The van der Waals surface area contributed by atoms with Crippen molar-refractivity contribution in [3.05, 3.63) is 42.2 Å².